The zero-order valence-corrected chi connectivity index (χ0v) is 13.8. The van der Waals surface area contributed by atoms with Crippen molar-refractivity contribution in [2.24, 2.45) is 11.8 Å². The van der Waals surface area contributed by atoms with Crippen LogP contribution in [0.4, 0.5) is 5.69 Å². The highest BCUT2D eigenvalue weighted by Gasteiger charge is 2.29. The van der Waals surface area contributed by atoms with Gasteiger partial charge in [-0.1, -0.05) is 6.92 Å². The fraction of sp³-hybridized carbons (Fsp3) is 0.500. The van der Waals surface area contributed by atoms with Crippen LogP contribution in [0.25, 0.3) is 0 Å². The number of hydrogen-bond donors (Lipinski definition) is 2. The van der Waals surface area contributed by atoms with E-state index in [2.05, 4.69) is 10.6 Å². The Bertz CT molecular complexity index is 598. The Morgan fingerprint density at radius 1 is 1.22 bits per heavy atom. The molecule has 1 heterocycles. The van der Waals surface area contributed by atoms with E-state index >= 15 is 0 Å². The number of carbonyl (C=O) groups is 2. The number of methoxy groups -OCH3 is 3. The molecule has 1 atom stereocenters. The predicted molar refractivity (Wildman–Crippen MR) is 85.0 cm³/mol. The molecule has 1 aliphatic heterocycles. The van der Waals surface area contributed by atoms with E-state index in [0.717, 1.165) is 13.1 Å². The fourth-order valence-corrected chi connectivity index (χ4v) is 2.42. The van der Waals surface area contributed by atoms with Gasteiger partial charge >= 0.3 is 5.97 Å². The van der Waals surface area contributed by atoms with Crippen molar-refractivity contribution in [1.29, 1.82) is 0 Å². The lowest BCUT2D eigenvalue weighted by molar-refractivity contribution is -0.121. The minimum atomic E-state index is -0.516. The Kier molecular flexibility index (Phi) is 5.44. The van der Waals surface area contributed by atoms with Crippen LogP contribution in [-0.2, 0) is 9.53 Å². The molecule has 2 N–H and O–H groups in total. The molecule has 0 radical (unpaired) electrons. The third kappa shape index (κ3) is 3.56. The highest BCUT2D eigenvalue weighted by atomic mass is 16.5. The number of esters is 1. The van der Waals surface area contributed by atoms with Crippen molar-refractivity contribution in [3.05, 3.63) is 17.7 Å². The van der Waals surface area contributed by atoms with E-state index in [0.29, 0.717) is 23.1 Å². The largest absolute Gasteiger partial charge is 0.493 e. The lowest BCUT2D eigenvalue weighted by Gasteiger charge is -2.31. The van der Waals surface area contributed by atoms with Crippen LogP contribution in [0, 0.1) is 11.8 Å². The first-order chi connectivity index (χ1) is 11.0. The Labute approximate surface area is 135 Å². The quantitative estimate of drug-likeness (QED) is 0.768. The van der Waals surface area contributed by atoms with Gasteiger partial charge in [0, 0.05) is 5.92 Å². The van der Waals surface area contributed by atoms with Crippen molar-refractivity contribution in [3.8, 4) is 11.5 Å². The number of carbonyl (C=O) groups excluding carboxylic acids is 2. The second kappa shape index (κ2) is 7.32. The summed E-state index contributed by atoms with van der Waals surface area (Å²) in [6, 6.07) is 3.04. The zero-order valence-electron chi connectivity index (χ0n) is 13.8. The Morgan fingerprint density at radius 2 is 1.91 bits per heavy atom. The van der Waals surface area contributed by atoms with Crippen LogP contribution in [0.5, 0.6) is 11.5 Å². The Morgan fingerprint density at radius 3 is 2.39 bits per heavy atom. The molecule has 0 spiro atoms. The molecule has 0 bridgehead atoms. The van der Waals surface area contributed by atoms with Gasteiger partial charge < -0.3 is 24.8 Å². The van der Waals surface area contributed by atoms with Crippen molar-refractivity contribution in [2.45, 2.75) is 6.92 Å². The molecule has 0 aromatic heterocycles. The summed E-state index contributed by atoms with van der Waals surface area (Å²) in [5.74, 6) is 0.244. The predicted octanol–water partition coefficient (Wildman–Crippen LogP) is 1.28. The average Bonchev–Trinajstić information content (AvgIpc) is 2.51. The summed E-state index contributed by atoms with van der Waals surface area (Å²) >= 11 is 0. The Balaban J connectivity index is 2.30. The minimum absolute atomic E-state index is 0.126. The molecule has 1 fully saturated rings. The second-order valence-electron chi connectivity index (χ2n) is 5.45. The van der Waals surface area contributed by atoms with Crippen LogP contribution in [0.3, 0.4) is 0 Å². The monoisotopic (exact) mass is 322 g/mol. The molecule has 7 nitrogen and oxygen atoms in total. The number of anilines is 1. The van der Waals surface area contributed by atoms with Crippen LogP contribution < -0.4 is 20.1 Å². The van der Waals surface area contributed by atoms with Gasteiger partial charge in [-0.3, -0.25) is 4.79 Å². The van der Waals surface area contributed by atoms with Crippen LogP contribution in [-0.4, -0.2) is 46.3 Å². The average molecular weight is 322 g/mol. The van der Waals surface area contributed by atoms with Gasteiger partial charge in [0.1, 0.15) is 0 Å². The number of amides is 1. The molecule has 0 aliphatic carbocycles. The molecule has 2 rings (SSSR count). The maximum absolute atomic E-state index is 12.4. The standard InChI is InChI=1S/C16H22N2O5/c1-9(11-7-17-8-11)15(19)18-12-5-10(16(20)23-4)6-13(21-2)14(12)22-3/h5-6,9,11,17H,7-8H2,1-4H3,(H,18,19). The van der Waals surface area contributed by atoms with E-state index in [-0.39, 0.29) is 17.4 Å². The van der Waals surface area contributed by atoms with Crippen LogP contribution >= 0.6 is 0 Å². The molecular weight excluding hydrogens is 300 g/mol. The van der Waals surface area contributed by atoms with Gasteiger partial charge in [-0.15, -0.1) is 0 Å². The summed E-state index contributed by atoms with van der Waals surface area (Å²) in [7, 11) is 4.24. The maximum Gasteiger partial charge on any atom is 0.338 e. The van der Waals surface area contributed by atoms with Crippen LogP contribution in [0.1, 0.15) is 17.3 Å². The third-order valence-electron chi connectivity index (χ3n) is 4.09. The van der Waals surface area contributed by atoms with Crippen LogP contribution in [0.15, 0.2) is 12.1 Å². The highest BCUT2D eigenvalue weighted by molar-refractivity contribution is 5.98. The molecule has 1 amide bonds. The molecule has 0 saturated carbocycles. The van der Waals surface area contributed by atoms with Gasteiger partial charge in [0.15, 0.2) is 11.5 Å². The summed E-state index contributed by atoms with van der Waals surface area (Å²) in [5.41, 5.74) is 0.662. The minimum Gasteiger partial charge on any atom is -0.493 e. The lowest BCUT2D eigenvalue weighted by atomic mass is 9.88. The molecule has 126 valence electrons. The fourth-order valence-electron chi connectivity index (χ4n) is 2.42. The molecule has 1 unspecified atom stereocenters. The van der Waals surface area contributed by atoms with Gasteiger partial charge in [-0.05, 0) is 31.1 Å². The second-order valence-corrected chi connectivity index (χ2v) is 5.45. The third-order valence-corrected chi connectivity index (χ3v) is 4.09. The van der Waals surface area contributed by atoms with Gasteiger partial charge in [0.25, 0.3) is 0 Å². The Hall–Kier alpha value is -2.28. The van der Waals surface area contributed by atoms with E-state index in [1.165, 1.54) is 33.5 Å². The maximum atomic E-state index is 12.4. The highest BCUT2D eigenvalue weighted by Crippen LogP contribution is 2.37. The SMILES string of the molecule is COC(=O)c1cc(NC(=O)C(C)C2CNC2)c(OC)c(OC)c1. The van der Waals surface area contributed by atoms with Gasteiger partial charge in [0.2, 0.25) is 5.91 Å². The molecular formula is C16H22N2O5. The van der Waals surface area contributed by atoms with Gasteiger partial charge in [-0.25, -0.2) is 4.79 Å². The normalized spacial score (nSPS) is 15.3. The molecule has 1 saturated heterocycles. The first-order valence-corrected chi connectivity index (χ1v) is 7.37. The number of rotatable bonds is 6. The van der Waals surface area contributed by atoms with E-state index in [1.807, 2.05) is 6.92 Å². The smallest absolute Gasteiger partial charge is 0.338 e. The van der Waals surface area contributed by atoms with Gasteiger partial charge in [0.05, 0.1) is 32.6 Å². The number of benzene rings is 1. The first-order valence-electron chi connectivity index (χ1n) is 7.37. The van der Waals surface area contributed by atoms with Crippen molar-refractivity contribution in [1.82, 2.24) is 5.32 Å². The number of hydrogen-bond acceptors (Lipinski definition) is 6. The van der Waals surface area contributed by atoms with Gasteiger partial charge in [-0.2, -0.15) is 0 Å². The van der Waals surface area contributed by atoms with Crippen LogP contribution in [0.2, 0.25) is 0 Å². The van der Waals surface area contributed by atoms with E-state index < -0.39 is 5.97 Å². The number of ether oxygens (including phenoxy) is 3. The summed E-state index contributed by atoms with van der Waals surface area (Å²) in [4.78, 5) is 24.2. The van der Waals surface area contributed by atoms with Crippen molar-refractivity contribution in [3.63, 3.8) is 0 Å². The molecule has 7 heteroatoms. The topological polar surface area (TPSA) is 85.9 Å². The molecule has 1 aromatic rings. The number of nitrogens with one attached hydrogen (secondary N) is 2. The summed E-state index contributed by atoms with van der Waals surface area (Å²) < 4.78 is 15.3. The van der Waals surface area contributed by atoms with Crippen molar-refractivity contribution >= 4 is 17.6 Å². The summed E-state index contributed by atoms with van der Waals surface area (Å²) in [5, 5.41) is 5.97. The molecule has 1 aliphatic rings. The summed E-state index contributed by atoms with van der Waals surface area (Å²) in [6.45, 7) is 3.54. The lowest BCUT2D eigenvalue weighted by Crippen LogP contribution is -2.48. The zero-order chi connectivity index (χ0) is 17.0. The van der Waals surface area contributed by atoms with Crippen molar-refractivity contribution < 1.29 is 23.8 Å². The molecule has 1 aromatic carbocycles. The molecule has 23 heavy (non-hydrogen) atoms. The van der Waals surface area contributed by atoms with E-state index in [1.54, 1.807) is 0 Å². The van der Waals surface area contributed by atoms with E-state index in [9.17, 15) is 9.59 Å². The summed E-state index contributed by atoms with van der Waals surface area (Å²) in [6.07, 6.45) is 0. The first kappa shape index (κ1) is 17.1. The van der Waals surface area contributed by atoms with Crippen molar-refractivity contribution in [2.75, 3.05) is 39.7 Å². The van der Waals surface area contributed by atoms with E-state index in [4.69, 9.17) is 14.2 Å².